The van der Waals surface area contributed by atoms with E-state index in [2.05, 4.69) is 10.5 Å². The lowest BCUT2D eigenvalue weighted by Gasteiger charge is -2.14. The molecule has 9 nitrogen and oxygen atoms in total. The van der Waals surface area contributed by atoms with Crippen LogP contribution in [0.25, 0.3) is 0 Å². The highest BCUT2D eigenvalue weighted by molar-refractivity contribution is 6.34. The van der Waals surface area contributed by atoms with Crippen LogP contribution in [0, 0.1) is 6.92 Å². The summed E-state index contributed by atoms with van der Waals surface area (Å²) in [5.74, 6) is -1.58. The summed E-state index contributed by atoms with van der Waals surface area (Å²) >= 11 is 0. The van der Waals surface area contributed by atoms with Crippen molar-refractivity contribution < 1.29 is 28.4 Å². The number of esters is 1. The van der Waals surface area contributed by atoms with Gasteiger partial charge >= 0.3 is 5.97 Å². The summed E-state index contributed by atoms with van der Waals surface area (Å²) in [7, 11) is 0. The van der Waals surface area contributed by atoms with Gasteiger partial charge in [-0.1, -0.05) is 23.4 Å². The molecule has 1 N–H and O–H groups in total. The normalized spacial score (nSPS) is 12.6. The summed E-state index contributed by atoms with van der Waals surface area (Å²) < 4.78 is 9.84. The molecule has 0 atom stereocenters. The van der Waals surface area contributed by atoms with Crippen LogP contribution >= 0.6 is 0 Å². The fraction of sp³-hybridized carbons (Fsp3) is 0.0952. The number of ether oxygens (including phenoxy) is 1. The quantitative estimate of drug-likeness (QED) is 0.512. The Hall–Kier alpha value is -4.27. The van der Waals surface area contributed by atoms with Crippen LogP contribution in [-0.4, -0.2) is 35.5 Å². The standard InChI is InChI=1S/C21H15N3O6/c1-12-9-17(23-30-12)22-18(25)11-29-21(28)13-5-4-6-14(10-13)24-19(26)15-7-2-3-8-16(15)20(24)27/h2-10H,11H2,1H3,(H,22,23,25). The van der Waals surface area contributed by atoms with Crippen LogP contribution in [0.15, 0.2) is 59.1 Å². The summed E-state index contributed by atoms with van der Waals surface area (Å²) in [4.78, 5) is 50.4. The number of fused-ring (bicyclic) bond motifs is 1. The number of nitrogens with zero attached hydrogens (tertiary/aromatic N) is 2. The second kappa shape index (κ2) is 7.63. The van der Waals surface area contributed by atoms with Gasteiger partial charge in [0, 0.05) is 6.07 Å². The first kappa shape index (κ1) is 19.1. The first-order valence-electron chi connectivity index (χ1n) is 8.92. The van der Waals surface area contributed by atoms with Crippen LogP contribution in [0.3, 0.4) is 0 Å². The van der Waals surface area contributed by atoms with E-state index in [-0.39, 0.29) is 17.1 Å². The zero-order valence-corrected chi connectivity index (χ0v) is 15.7. The predicted octanol–water partition coefficient (Wildman–Crippen LogP) is 2.58. The lowest BCUT2D eigenvalue weighted by Crippen LogP contribution is -2.29. The van der Waals surface area contributed by atoms with Crippen molar-refractivity contribution in [1.29, 1.82) is 0 Å². The molecule has 0 unspecified atom stereocenters. The van der Waals surface area contributed by atoms with Gasteiger partial charge in [0.15, 0.2) is 12.4 Å². The van der Waals surface area contributed by atoms with Gasteiger partial charge in [-0.15, -0.1) is 0 Å². The molecule has 0 saturated heterocycles. The maximum Gasteiger partial charge on any atom is 0.338 e. The van der Waals surface area contributed by atoms with Crippen molar-refractivity contribution in [1.82, 2.24) is 5.16 Å². The van der Waals surface area contributed by atoms with E-state index in [0.717, 1.165) is 4.90 Å². The number of amides is 3. The molecule has 1 aliphatic heterocycles. The van der Waals surface area contributed by atoms with E-state index in [1.807, 2.05) is 0 Å². The number of anilines is 2. The number of benzene rings is 2. The number of carbonyl (C=O) groups excluding carboxylic acids is 4. The van der Waals surface area contributed by atoms with Crippen molar-refractivity contribution in [2.45, 2.75) is 6.92 Å². The largest absolute Gasteiger partial charge is 0.452 e. The van der Waals surface area contributed by atoms with Crippen LogP contribution in [0.1, 0.15) is 36.8 Å². The van der Waals surface area contributed by atoms with Gasteiger partial charge in [0.1, 0.15) is 5.76 Å². The smallest absolute Gasteiger partial charge is 0.338 e. The summed E-state index contributed by atoms with van der Waals surface area (Å²) in [5.41, 5.74) is 0.929. The molecule has 1 aromatic heterocycles. The average molecular weight is 405 g/mol. The third kappa shape index (κ3) is 3.55. The Bertz CT molecular complexity index is 1150. The van der Waals surface area contributed by atoms with Crippen molar-refractivity contribution in [3.05, 3.63) is 77.0 Å². The zero-order chi connectivity index (χ0) is 21.3. The van der Waals surface area contributed by atoms with E-state index in [0.29, 0.717) is 16.9 Å². The first-order chi connectivity index (χ1) is 14.4. The Labute approximate surface area is 170 Å². The number of carbonyl (C=O) groups is 4. The molecule has 0 radical (unpaired) electrons. The zero-order valence-electron chi connectivity index (χ0n) is 15.7. The molecule has 3 amide bonds. The molecular weight excluding hydrogens is 390 g/mol. The topological polar surface area (TPSA) is 119 Å². The minimum absolute atomic E-state index is 0.0918. The second-order valence-corrected chi connectivity index (χ2v) is 6.49. The molecule has 1 aliphatic rings. The van der Waals surface area contributed by atoms with Crippen molar-refractivity contribution in [2.24, 2.45) is 0 Å². The monoisotopic (exact) mass is 405 g/mol. The first-order valence-corrected chi connectivity index (χ1v) is 8.92. The van der Waals surface area contributed by atoms with E-state index in [1.165, 1.54) is 30.3 Å². The number of rotatable bonds is 5. The highest BCUT2D eigenvalue weighted by Gasteiger charge is 2.36. The number of imide groups is 1. The van der Waals surface area contributed by atoms with Gasteiger partial charge < -0.3 is 14.6 Å². The van der Waals surface area contributed by atoms with E-state index >= 15 is 0 Å². The van der Waals surface area contributed by atoms with Gasteiger partial charge in [-0.3, -0.25) is 14.4 Å². The summed E-state index contributed by atoms with van der Waals surface area (Å²) in [5, 5.41) is 6.04. The van der Waals surface area contributed by atoms with Crippen LogP contribution in [0.2, 0.25) is 0 Å². The number of aromatic nitrogens is 1. The van der Waals surface area contributed by atoms with Crippen molar-refractivity contribution in [2.75, 3.05) is 16.8 Å². The molecular formula is C21H15N3O6. The SMILES string of the molecule is Cc1cc(NC(=O)COC(=O)c2cccc(N3C(=O)c4ccccc4C3=O)c2)no1. The molecule has 2 aromatic carbocycles. The number of aryl methyl sites for hydroxylation is 1. The predicted molar refractivity (Wildman–Crippen MR) is 104 cm³/mol. The van der Waals surface area contributed by atoms with Gasteiger partial charge in [0.2, 0.25) is 0 Å². The summed E-state index contributed by atoms with van der Waals surface area (Å²) in [6.07, 6.45) is 0. The Balaban J connectivity index is 1.44. The average Bonchev–Trinajstić information content (AvgIpc) is 3.27. The molecule has 0 saturated carbocycles. The highest BCUT2D eigenvalue weighted by Crippen LogP contribution is 2.28. The second-order valence-electron chi connectivity index (χ2n) is 6.49. The molecule has 0 fully saturated rings. The molecule has 4 rings (SSSR count). The molecule has 2 heterocycles. The van der Waals surface area contributed by atoms with Crippen molar-refractivity contribution in [3.63, 3.8) is 0 Å². The maximum absolute atomic E-state index is 12.6. The Kier molecular flexibility index (Phi) is 4.85. The van der Waals surface area contributed by atoms with Crippen LogP contribution in [0.5, 0.6) is 0 Å². The minimum Gasteiger partial charge on any atom is -0.452 e. The maximum atomic E-state index is 12.6. The Morgan fingerprint density at radius 2 is 1.73 bits per heavy atom. The number of nitrogens with one attached hydrogen (secondary N) is 1. The number of hydrogen-bond donors (Lipinski definition) is 1. The van der Waals surface area contributed by atoms with Gasteiger partial charge in [-0.05, 0) is 37.3 Å². The lowest BCUT2D eigenvalue weighted by atomic mass is 10.1. The van der Waals surface area contributed by atoms with Crippen LogP contribution in [-0.2, 0) is 9.53 Å². The summed E-state index contributed by atoms with van der Waals surface area (Å²) in [6, 6.07) is 13.9. The molecule has 0 aliphatic carbocycles. The third-order valence-electron chi connectivity index (χ3n) is 4.36. The Morgan fingerprint density at radius 1 is 1.03 bits per heavy atom. The molecule has 0 bridgehead atoms. The van der Waals surface area contributed by atoms with Crippen LogP contribution in [0.4, 0.5) is 11.5 Å². The molecule has 3 aromatic rings. The molecule has 150 valence electrons. The highest BCUT2D eigenvalue weighted by atomic mass is 16.5. The Morgan fingerprint density at radius 3 is 2.37 bits per heavy atom. The number of hydrogen-bond acceptors (Lipinski definition) is 7. The lowest BCUT2D eigenvalue weighted by molar-refractivity contribution is -0.119. The van der Waals surface area contributed by atoms with Crippen LogP contribution < -0.4 is 10.2 Å². The molecule has 0 spiro atoms. The summed E-state index contributed by atoms with van der Waals surface area (Å²) in [6.45, 7) is 1.13. The molecule has 30 heavy (non-hydrogen) atoms. The van der Waals surface area contributed by atoms with Gasteiger partial charge in [-0.25, -0.2) is 9.69 Å². The van der Waals surface area contributed by atoms with Crippen molar-refractivity contribution in [3.8, 4) is 0 Å². The van der Waals surface area contributed by atoms with E-state index < -0.39 is 30.3 Å². The van der Waals surface area contributed by atoms with E-state index in [9.17, 15) is 19.2 Å². The van der Waals surface area contributed by atoms with E-state index in [1.54, 1.807) is 31.2 Å². The van der Waals surface area contributed by atoms with E-state index in [4.69, 9.17) is 9.26 Å². The molecule has 9 heteroatoms. The minimum atomic E-state index is -0.778. The fourth-order valence-corrected chi connectivity index (χ4v) is 3.01. The third-order valence-corrected chi connectivity index (χ3v) is 4.36. The fourth-order valence-electron chi connectivity index (χ4n) is 3.01. The van der Waals surface area contributed by atoms with Gasteiger partial charge in [-0.2, -0.15) is 0 Å². The van der Waals surface area contributed by atoms with Crippen molar-refractivity contribution >= 4 is 35.2 Å². The van der Waals surface area contributed by atoms with Gasteiger partial charge in [0.25, 0.3) is 17.7 Å². The van der Waals surface area contributed by atoms with Gasteiger partial charge in [0.05, 0.1) is 22.4 Å².